The summed E-state index contributed by atoms with van der Waals surface area (Å²) >= 11 is 0. The van der Waals surface area contributed by atoms with Crippen molar-refractivity contribution in [2.75, 3.05) is 52.4 Å². The minimum Gasteiger partial charge on any atom is -0.364 e. The first kappa shape index (κ1) is 17.7. The lowest BCUT2D eigenvalue weighted by Crippen LogP contribution is -2.45. The molecule has 0 saturated carbocycles. The van der Waals surface area contributed by atoms with Crippen LogP contribution >= 0.6 is 0 Å². The number of hydrogen-bond acceptors (Lipinski definition) is 4. The van der Waals surface area contributed by atoms with Gasteiger partial charge in [-0.2, -0.15) is 0 Å². The van der Waals surface area contributed by atoms with E-state index in [4.69, 9.17) is 4.74 Å². The molecule has 4 aliphatic heterocycles. The van der Waals surface area contributed by atoms with E-state index in [1.54, 1.807) is 0 Å². The van der Waals surface area contributed by atoms with Crippen molar-refractivity contribution in [2.45, 2.75) is 57.7 Å². The van der Waals surface area contributed by atoms with Gasteiger partial charge < -0.3 is 14.5 Å². The quantitative estimate of drug-likeness (QED) is 0.776. The Balaban J connectivity index is 1.24. The molecule has 142 valence electrons. The summed E-state index contributed by atoms with van der Waals surface area (Å²) in [6.45, 7) is 11.3. The van der Waals surface area contributed by atoms with E-state index >= 15 is 0 Å². The smallest absolute Gasteiger partial charge is 0.251 e. The van der Waals surface area contributed by atoms with E-state index in [2.05, 4.69) is 21.6 Å². The number of nitrogens with zero attached hydrogens (tertiary/aromatic N) is 3. The van der Waals surface area contributed by atoms with Crippen LogP contribution < -0.4 is 0 Å². The number of amides is 1. The molecule has 25 heavy (non-hydrogen) atoms. The zero-order valence-electron chi connectivity index (χ0n) is 15.9. The van der Waals surface area contributed by atoms with Crippen LogP contribution in [0.25, 0.3) is 0 Å². The lowest BCUT2D eigenvalue weighted by Gasteiger charge is -2.35. The van der Waals surface area contributed by atoms with Gasteiger partial charge in [0.1, 0.15) is 6.10 Å². The number of likely N-dealkylation sites (tertiary alicyclic amines) is 3. The van der Waals surface area contributed by atoms with Crippen LogP contribution in [-0.4, -0.2) is 85.2 Å². The maximum atomic E-state index is 12.8. The molecule has 0 aromatic carbocycles. The Morgan fingerprint density at radius 3 is 2.44 bits per heavy atom. The lowest BCUT2D eigenvalue weighted by atomic mass is 9.91. The second-order valence-corrected chi connectivity index (χ2v) is 8.80. The molecule has 0 N–H and O–H groups in total. The van der Waals surface area contributed by atoms with Gasteiger partial charge in [0.05, 0.1) is 6.10 Å². The average Bonchev–Trinajstić information content (AvgIpc) is 3.29. The zero-order valence-corrected chi connectivity index (χ0v) is 15.9. The highest BCUT2D eigenvalue weighted by atomic mass is 16.5. The Hall–Kier alpha value is -0.650. The Bertz CT molecular complexity index is 458. The monoisotopic (exact) mass is 349 g/mol. The normalized spacial score (nSPS) is 35.2. The van der Waals surface area contributed by atoms with E-state index in [0.29, 0.717) is 5.92 Å². The molecule has 0 aromatic heterocycles. The summed E-state index contributed by atoms with van der Waals surface area (Å²) in [7, 11) is 0. The Kier molecular flexibility index (Phi) is 5.63. The zero-order chi connectivity index (χ0) is 17.2. The second-order valence-electron chi connectivity index (χ2n) is 8.80. The van der Waals surface area contributed by atoms with Gasteiger partial charge >= 0.3 is 0 Å². The predicted molar refractivity (Wildman–Crippen MR) is 98.5 cm³/mol. The number of hydrogen-bond donors (Lipinski definition) is 0. The van der Waals surface area contributed by atoms with Crippen molar-refractivity contribution in [3.63, 3.8) is 0 Å². The average molecular weight is 350 g/mol. The summed E-state index contributed by atoms with van der Waals surface area (Å²) in [5.74, 6) is 1.63. The van der Waals surface area contributed by atoms with Gasteiger partial charge in [-0.1, -0.05) is 6.92 Å². The van der Waals surface area contributed by atoms with Crippen molar-refractivity contribution in [1.29, 1.82) is 0 Å². The first-order valence-electron chi connectivity index (χ1n) is 10.6. The SMILES string of the molecule is CC1CCN(C(=O)[C@H]2C[C@@H]3CCN(CCN4CCCC4)C[C@H]3O2)CC1. The summed E-state index contributed by atoms with van der Waals surface area (Å²) in [5.41, 5.74) is 0. The van der Waals surface area contributed by atoms with E-state index < -0.39 is 0 Å². The molecule has 0 unspecified atom stereocenters. The van der Waals surface area contributed by atoms with E-state index in [1.165, 1.54) is 45.4 Å². The first-order chi connectivity index (χ1) is 12.2. The van der Waals surface area contributed by atoms with Crippen LogP contribution in [0.4, 0.5) is 0 Å². The summed E-state index contributed by atoms with van der Waals surface area (Å²) in [5, 5.41) is 0. The fourth-order valence-corrected chi connectivity index (χ4v) is 5.08. The van der Waals surface area contributed by atoms with Crippen LogP contribution in [-0.2, 0) is 9.53 Å². The van der Waals surface area contributed by atoms with Crippen LogP contribution in [0, 0.1) is 11.8 Å². The third-order valence-corrected chi connectivity index (χ3v) is 6.94. The van der Waals surface area contributed by atoms with E-state index in [0.717, 1.165) is 51.4 Å². The molecule has 4 fully saturated rings. The van der Waals surface area contributed by atoms with Gasteiger partial charge in [-0.25, -0.2) is 0 Å². The lowest BCUT2D eigenvalue weighted by molar-refractivity contribution is -0.145. The number of piperidine rings is 2. The van der Waals surface area contributed by atoms with Crippen LogP contribution in [0.2, 0.25) is 0 Å². The molecule has 0 aliphatic carbocycles. The molecular weight excluding hydrogens is 314 g/mol. The van der Waals surface area contributed by atoms with Crippen LogP contribution in [0.5, 0.6) is 0 Å². The molecule has 4 aliphatic rings. The van der Waals surface area contributed by atoms with Crippen molar-refractivity contribution in [2.24, 2.45) is 11.8 Å². The van der Waals surface area contributed by atoms with Crippen LogP contribution in [0.15, 0.2) is 0 Å². The molecule has 4 saturated heterocycles. The molecule has 5 heteroatoms. The van der Waals surface area contributed by atoms with Gasteiger partial charge in [0.15, 0.2) is 0 Å². The van der Waals surface area contributed by atoms with Gasteiger partial charge in [-0.3, -0.25) is 9.69 Å². The molecule has 0 aromatic rings. The van der Waals surface area contributed by atoms with E-state index in [-0.39, 0.29) is 18.1 Å². The van der Waals surface area contributed by atoms with Crippen LogP contribution in [0.3, 0.4) is 0 Å². The highest BCUT2D eigenvalue weighted by Gasteiger charge is 2.43. The maximum Gasteiger partial charge on any atom is 0.251 e. The van der Waals surface area contributed by atoms with Gasteiger partial charge in [0, 0.05) is 32.7 Å². The molecule has 4 rings (SSSR count). The maximum absolute atomic E-state index is 12.8. The van der Waals surface area contributed by atoms with Crippen molar-refractivity contribution in [3.8, 4) is 0 Å². The van der Waals surface area contributed by atoms with E-state index in [1.807, 2.05) is 0 Å². The van der Waals surface area contributed by atoms with Gasteiger partial charge in [-0.05, 0) is 70.0 Å². The number of carbonyl (C=O) groups excluding carboxylic acids is 1. The molecule has 0 bridgehead atoms. The Morgan fingerprint density at radius 1 is 0.960 bits per heavy atom. The third-order valence-electron chi connectivity index (χ3n) is 6.94. The predicted octanol–water partition coefficient (Wildman–Crippen LogP) is 1.82. The molecule has 5 nitrogen and oxygen atoms in total. The van der Waals surface area contributed by atoms with Crippen molar-refractivity contribution >= 4 is 5.91 Å². The number of fused-ring (bicyclic) bond motifs is 1. The number of rotatable bonds is 4. The van der Waals surface area contributed by atoms with Crippen LogP contribution in [0.1, 0.15) is 45.4 Å². The van der Waals surface area contributed by atoms with Gasteiger partial charge in [-0.15, -0.1) is 0 Å². The van der Waals surface area contributed by atoms with Crippen molar-refractivity contribution < 1.29 is 9.53 Å². The molecular formula is C20H35N3O2. The van der Waals surface area contributed by atoms with Gasteiger partial charge in [0.25, 0.3) is 5.91 Å². The summed E-state index contributed by atoms with van der Waals surface area (Å²) in [4.78, 5) is 20.0. The fourth-order valence-electron chi connectivity index (χ4n) is 5.08. The topological polar surface area (TPSA) is 36.0 Å². The molecule has 4 heterocycles. The van der Waals surface area contributed by atoms with E-state index in [9.17, 15) is 4.79 Å². The number of carbonyl (C=O) groups is 1. The second kappa shape index (κ2) is 7.93. The first-order valence-corrected chi connectivity index (χ1v) is 10.6. The van der Waals surface area contributed by atoms with Crippen molar-refractivity contribution in [3.05, 3.63) is 0 Å². The molecule has 3 atom stereocenters. The third kappa shape index (κ3) is 4.20. The summed E-state index contributed by atoms with van der Waals surface area (Å²) in [6, 6.07) is 0. The highest BCUT2D eigenvalue weighted by Crippen LogP contribution is 2.34. The molecule has 1 amide bonds. The standard InChI is InChI=1S/C20H35N3O2/c1-16-4-10-23(11-5-16)20(24)18-14-17-6-9-22(15-19(17)25-18)13-12-21-7-2-3-8-21/h16-19H,2-15H2,1H3/t17-,18+,19+/m0/s1. The van der Waals surface area contributed by atoms with Crippen molar-refractivity contribution in [1.82, 2.24) is 14.7 Å². The Morgan fingerprint density at radius 2 is 1.68 bits per heavy atom. The molecule has 0 spiro atoms. The largest absolute Gasteiger partial charge is 0.364 e. The Labute approximate surface area is 152 Å². The molecule has 0 radical (unpaired) electrons. The number of ether oxygens (including phenoxy) is 1. The summed E-state index contributed by atoms with van der Waals surface area (Å²) < 4.78 is 6.26. The van der Waals surface area contributed by atoms with Gasteiger partial charge in [0.2, 0.25) is 0 Å². The minimum atomic E-state index is -0.165. The minimum absolute atomic E-state index is 0.165. The highest BCUT2D eigenvalue weighted by molar-refractivity contribution is 5.81. The fraction of sp³-hybridized carbons (Fsp3) is 0.950. The summed E-state index contributed by atoms with van der Waals surface area (Å²) in [6.07, 6.45) is 7.30.